The molecule has 1 amide bonds. The van der Waals surface area contributed by atoms with Gasteiger partial charge >= 0.3 is 0 Å². The van der Waals surface area contributed by atoms with E-state index in [1.807, 2.05) is 24.3 Å². The molecule has 0 atom stereocenters. The minimum absolute atomic E-state index is 0.0614. The van der Waals surface area contributed by atoms with Crippen molar-refractivity contribution in [3.63, 3.8) is 0 Å². The van der Waals surface area contributed by atoms with Crippen molar-refractivity contribution in [1.29, 1.82) is 0 Å². The molecule has 3 aromatic rings. The number of hydrogen-bond acceptors (Lipinski definition) is 4. The van der Waals surface area contributed by atoms with Gasteiger partial charge in [-0.25, -0.2) is 4.39 Å². The number of amides is 1. The van der Waals surface area contributed by atoms with Crippen LogP contribution in [-0.2, 0) is 17.8 Å². The van der Waals surface area contributed by atoms with Crippen LogP contribution >= 0.6 is 11.8 Å². The Labute approximate surface area is 173 Å². The second-order valence-corrected chi connectivity index (χ2v) is 8.15. The Hall–Kier alpha value is -2.67. The van der Waals surface area contributed by atoms with Crippen molar-refractivity contribution in [3.05, 3.63) is 77.4 Å². The van der Waals surface area contributed by atoms with Crippen LogP contribution < -0.4 is 5.32 Å². The van der Waals surface area contributed by atoms with E-state index in [1.165, 1.54) is 29.5 Å². The molecule has 1 fully saturated rings. The Morgan fingerprint density at radius 1 is 1.10 bits per heavy atom. The molecule has 150 valence electrons. The SMILES string of the molecule is O=C(CSc1nnc(C2CC2)n1Cc1ccccc1)NCCc1cccc(F)c1. The van der Waals surface area contributed by atoms with E-state index in [9.17, 15) is 9.18 Å². The summed E-state index contributed by atoms with van der Waals surface area (Å²) in [7, 11) is 0. The van der Waals surface area contributed by atoms with Crippen LogP contribution in [0.15, 0.2) is 59.8 Å². The Morgan fingerprint density at radius 3 is 2.66 bits per heavy atom. The Bertz CT molecular complexity index is 972. The van der Waals surface area contributed by atoms with Crippen LogP contribution in [0.2, 0.25) is 0 Å². The van der Waals surface area contributed by atoms with Crippen molar-refractivity contribution < 1.29 is 9.18 Å². The Kier molecular flexibility index (Phi) is 6.24. The smallest absolute Gasteiger partial charge is 0.230 e. The van der Waals surface area contributed by atoms with E-state index in [0.717, 1.165) is 29.4 Å². The molecule has 1 aromatic heterocycles. The van der Waals surface area contributed by atoms with Gasteiger partial charge in [-0.3, -0.25) is 4.79 Å². The van der Waals surface area contributed by atoms with Crippen LogP contribution in [0.1, 0.15) is 35.7 Å². The maximum atomic E-state index is 13.2. The van der Waals surface area contributed by atoms with E-state index in [2.05, 4.69) is 32.2 Å². The van der Waals surface area contributed by atoms with Crippen LogP contribution in [0.25, 0.3) is 0 Å². The zero-order valence-corrected chi connectivity index (χ0v) is 16.9. The van der Waals surface area contributed by atoms with Crippen molar-refractivity contribution in [3.8, 4) is 0 Å². The number of rotatable bonds is 9. The molecule has 0 saturated heterocycles. The summed E-state index contributed by atoms with van der Waals surface area (Å²) in [6.45, 7) is 1.19. The third kappa shape index (κ3) is 5.44. The zero-order valence-electron chi connectivity index (χ0n) is 16.1. The van der Waals surface area contributed by atoms with Gasteiger partial charge in [-0.1, -0.05) is 54.2 Å². The molecule has 0 spiro atoms. The quantitative estimate of drug-likeness (QED) is 0.545. The van der Waals surface area contributed by atoms with Gasteiger partial charge in [0, 0.05) is 12.5 Å². The number of halogens is 1. The number of nitrogens with one attached hydrogen (secondary N) is 1. The van der Waals surface area contributed by atoms with Crippen LogP contribution in [0.3, 0.4) is 0 Å². The van der Waals surface area contributed by atoms with Crippen LogP contribution in [0, 0.1) is 5.82 Å². The average molecular weight is 411 g/mol. The number of nitrogens with zero attached hydrogens (tertiary/aromatic N) is 3. The van der Waals surface area contributed by atoms with Crippen molar-refractivity contribution in [2.24, 2.45) is 0 Å². The minimum Gasteiger partial charge on any atom is -0.355 e. The van der Waals surface area contributed by atoms with E-state index in [4.69, 9.17) is 0 Å². The van der Waals surface area contributed by atoms with Crippen molar-refractivity contribution >= 4 is 17.7 Å². The lowest BCUT2D eigenvalue weighted by atomic mass is 10.1. The molecule has 0 bridgehead atoms. The highest BCUT2D eigenvalue weighted by Crippen LogP contribution is 2.40. The van der Waals surface area contributed by atoms with Gasteiger partial charge in [-0.05, 0) is 42.5 Å². The number of carbonyl (C=O) groups excluding carboxylic acids is 1. The maximum absolute atomic E-state index is 13.2. The maximum Gasteiger partial charge on any atom is 0.230 e. The molecule has 1 saturated carbocycles. The highest BCUT2D eigenvalue weighted by atomic mass is 32.2. The van der Waals surface area contributed by atoms with Gasteiger partial charge in [0.2, 0.25) is 5.91 Å². The number of hydrogen-bond donors (Lipinski definition) is 1. The lowest BCUT2D eigenvalue weighted by molar-refractivity contribution is -0.118. The second-order valence-electron chi connectivity index (χ2n) is 7.21. The largest absolute Gasteiger partial charge is 0.355 e. The summed E-state index contributed by atoms with van der Waals surface area (Å²) in [6.07, 6.45) is 2.90. The van der Waals surface area contributed by atoms with Crippen molar-refractivity contribution in [2.45, 2.75) is 36.9 Å². The number of aromatic nitrogens is 3. The Morgan fingerprint density at radius 2 is 1.90 bits per heavy atom. The van der Waals surface area contributed by atoms with Crippen LogP contribution in [0.4, 0.5) is 4.39 Å². The molecule has 1 aliphatic rings. The predicted molar refractivity (Wildman–Crippen MR) is 111 cm³/mol. The molecule has 2 aromatic carbocycles. The lowest BCUT2D eigenvalue weighted by Gasteiger charge is -2.10. The van der Waals surface area contributed by atoms with Crippen molar-refractivity contribution in [1.82, 2.24) is 20.1 Å². The summed E-state index contributed by atoms with van der Waals surface area (Å²) in [4.78, 5) is 12.2. The summed E-state index contributed by atoms with van der Waals surface area (Å²) in [5.74, 6) is 1.46. The zero-order chi connectivity index (χ0) is 20.1. The highest BCUT2D eigenvalue weighted by molar-refractivity contribution is 7.99. The Balaban J connectivity index is 1.32. The molecular weight excluding hydrogens is 387 g/mol. The first-order valence-electron chi connectivity index (χ1n) is 9.80. The molecular formula is C22H23FN4OS. The first-order valence-corrected chi connectivity index (χ1v) is 10.8. The summed E-state index contributed by atoms with van der Waals surface area (Å²) in [5.41, 5.74) is 2.06. The van der Waals surface area contributed by atoms with Gasteiger partial charge in [0.25, 0.3) is 0 Å². The fraction of sp³-hybridized carbons (Fsp3) is 0.318. The third-order valence-corrected chi connectivity index (χ3v) is 5.80. The summed E-state index contributed by atoms with van der Waals surface area (Å²) in [6, 6.07) is 16.7. The number of benzene rings is 2. The predicted octanol–water partition coefficient (Wildman–Crippen LogP) is 3.79. The van der Waals surface area contributed by atoms with Gasteiger partial charge < -0.3 is 9.88 Å². The summed E-state index contributed by atoms with van der Waals surface area (Å²) in [5, 5.41) is 12.4. The molecule has 7 heteroatoms. The van der Waals surface area contributed by atoms with E-state index in [-0.39, 0.29) is 17.5 Å². The fourth-order valence-corrected chi connectivity index (χ4v) is 3.96. The van der Waals surface area contributed by atoms with E-state index >= 15 is 0 Å². The highest BCUT2D eigenvalue weighted by Gasteiger charge is 2.30. The van der Waals surface area contributed by atoms with Gasteiger partial charge in [-0.2, -0.15) is 0 Å². The summed E-state index contributed by atoms with van der Waals surface area (Å²) >= 11 is 1.41. The van der Waals surface area contributed by atoms with E-state index in [0.29, 0.717) is 25.4 Å². The van der Waals surface area contributed by atoms with Gasteiger partial charge in [0.15, 0.2) is 5.16 Å². The molecule has 0 radical (unpaired) electrons. The molecule has 1 N–H and O–H groups in total. The lowest BCUT2D eigenvalue weighted by Crippen LogP contribution is -2.27. The number of thioether (sulfide) groups is 1. The first-order chi connectivity index (χ1) is 14.2. The van der Waals surface area contributed by atoms with E-state index in [1.54, 1.807) is 6.07 Å². The van der Waals surface area contributed by atoms with Gasteiger partial charge in [0.1, 0.15) is 11.6 Å². The molecule has 5 nitrogen and oxygen atoms in total. The van der Waals surface area contributed by atoms with Gasteiger partial charge in [-0.15, -0.1) is 10.2 Å². The standard InChI is InChI=1S/C22H23FN4OS/c23-19-8-4-7-16(13-19)11-12-24-20(28)15-29-22-26-25-21(18-9-10-18)27(22)14-17-5-2-1-3-6-17/h1-8,13,18H,9-12,14-15H2,(H,24,28). The molecule has 29 heavy (non-hydrogen) atoms. The minimum atomic E-state index is -0.256. The molecule has 0 aliphatic heterocycles. The molecule has 1 aliphatic carbocycles. The summed E-state index contributed by atoms with van der Waals surface area (Å²) < 4.78 is 15.3. The fourth-order valence-electron chi connectivity index (χ4n) is 3.18. The van der Waals surface area contributed by atoms with Crippen LogP contribution in [0.5, 0.6) is 0 Å². The average Bonchev–Trinajstić information content (AvgIpc) is 3.49. The van der Waals surface area contributed by atoms with Gasteiger partial charge in [0.05, 0.1) is 12.3 Å². The molecule has 0 unspecified atom stereocenters. The molecule has 1 heterocycles. The topological polar surface area (TPSA) is 59.8 Å². The molecule has 4 rings (SSSR count). The normalized spacial score (nSPS) is 13.4. The number of carbonyl (C=O) groups is 1. The van der Waals surface area contributed by atoms with E-state index < -0.39 is 0 Å². The van der Waals surface area contributed by atoms with Crippen LogP contribution in [-0.4, -0.2) is 33.0 Å². The first kappa shape index (κ1) is 19.6. The van der Waals surface area contributed by atoms with Crippen molar-refractivity contribution in [2.75, 3.05) is 12.3 Å². The third-order valence-electron chi connectivity index (χ3n) is 4.83. The second kappa shape index (κ2) is 9.22. The monoisotopic (exact) mass is 410 g/mol.